The van der Waals surface area contributed by atoms with E-state index < -0.39 is 0 Å². The number of anilines is 3. The number of benzene rings is 1. The van der Waals surface area contributed by atoms with Gasteiger partial charge in [0.05, 0.1) is 7.11 Å². The van der Waals surface area contributed by atoms with E-state index in [4.69, 9.17) is 10.5 Å². The Labute approximate surface area is 125 Å². The molecule has 0 atom stereocenters. The van der Waals surface area contributed by atoms with E-state index in [1.165, 1.54) is 0 Å². The van der Waals surface area contributed by atoms with Gasteiger partial charge >= 0.3 is 0 Å². The number of hydrogen-bond acceptors (Lipinski definition) is 5. The summed E-state index contributed by atoms with van der Waals surface area (Å²) in [6, 6.07) is 5.88. The predicted molar refractivity (Wildman–Crippen MR) is 86.2 cm³/mol. The molecule has 0 aliphatic rings. The molecule has 1 heterocycles. The number of methoxy groups -OCH3 is 1. The van der Waals surface area contributed by atoms with Crippen molar-refractivity contribution in [2.45, 2.75) is 33.6 Å². The number of aromatic nitrogens is 2. The molecule has 112 valence electrons. The lowest BCUT2D eigenvalue weighted by Crippen LogP contribution is -2.07. The van der Waals surface area contributed by atoms with Crippen molar-refractivity contribution in [2.24, 2.45) is 0 Å². The summed E-state index contributed by atoms with van der Waals surface area (Å²) in [5.41, 5.74) is 8.92. The van der Waals surface area contributed by atoms with Crippen LogP contribution in [0.3, 0.4) is 0 Å². The molecule has 3 N–H and O–H groups in total. The molecule has 0 amide bonds. The maximum absolute atomic E-state index is 5.98. The van der Waals surface area contributed by atoms with E-state index in [0.29, 0.717) is 5.82 Å². The summed E-state index contributed by atoms with van der Waals surface area (Å²) >= 11 is 0. The first-order chi connectivity index (χ1) is 10.0. The first-order valence-corrected chi connectivity index (χ1v) is 7.09. The van der Waals surface area contributed by atoms with Crippen LogP contribution in [-0.4, -0.2) is 17.1 Å². The molecule has 5 nitrogen and oxygen atoms in total. The van der Waals surface area contributed by atoms with Gasteiger partial charge in [-0.25, -0.2) is 9.97 Å². The predicted octanol–water partition coefficient (Wildman–Crippen LogP) is 3.38. The number of aryl methyl sites for hydroxylation is 2. The number of nitrogen functional groups attached to an aromatic ring is 1. The summed E-state index contributed by atoms with van der Waals surface area (Å²) in [7, 11) is 1.66. The second-order valence-corrected chi connectivity index (χ2v) is 5.05. The van der Waals surface area contributed by atoms with Crippen LogP contribution < -0.4 is 15.8 Å². The molecule has 0 saturated carbocycles. The Hall–Kier alpha value is -2.30. The summed E-state index contributed by atoms with van der Waals surface area (Å²) in [5, 5.41) is 3.34. The summed E-state index contributed by atoms with van der Waals surface area (Å²) in [5.74, 6) is 2.90. The van der Waals surface area contributed by atoms with Crippen LogP contribution in [0.5, 0.6) is 5.75 Å². The topological polar surface area (TPSA) is 73.1 Å². The molecular formula is C16H22N4O. The van der Waals surface area contributed by atoms with Gasteiger partial charge in [-0.2, -0.15) is 0 Å². The van der Waals surface area contributed by atoms with Gasteiger partial charge in [0, 0.05) is 17.7 Å². The van der Waals surface area contributed by atoms with Crippen LogP contribution in [0.1, 0.15) is 30.3 Å². The highest BCUT2D eigenvalue weighted by molar-refractivity contribution is 5.66. The SMILES string of the molecule is CCCc1nc(N)c(C)c(Nc2ccc(OC)cc2C)n1. The minimum atomic E-state index is 0.530. The van der Waals surface area contributed by atoms with E-state index in [1.54, 1.807) is 7.11 Å². The molecule has 0 radical (unpaired) electrons. The van der Waals surface area contributed by atoms with Gasteiger partial charge in [-0.3, -0.25) is 0 Å². The van der Waals surface area contributed by atoms with Gasteiger partial charge < -0.3 is 15.8 Å². The molecule has 21 heavy (non-hydrogen) atoms. The normalized spacial score (nSPS) is 10.5. The van der Waals surface area contributed by atoms with Crippen molar-refractivity contribution < 1.29 is 4.74 Å². The number of nitrogens with one attached hydrogen (secondary N) is 1. The zero-order valence-electron chi connectivity index (χ0n) is 13.0. The highest BCUT2D eigenvalue weighted by atomic mass is 16.5. The van der Waals surface area contributed by atoms with Crippen molar-refractivity contribution >= 4 is 17.3 Å². The Morgan fingerprint density at radius 2 is 2.00 bits per heavy atom. The largest absolute Gasteiger partial charge is 0.497 e. The van der Waals surface area contributed by atoms with E-state index in [1.807, 2.05) is 32.0 Å². The molecule has 1 aromatic carbocycles. The van der Waals surface area contributed by atoms with Gasteiger partial charge in [-0.1, -0.05) is 6.92 Å². The number of rotatable bonds is 5. The Morgan fingerprint density at radius 1 is 1.24 bits per heavy atom. The maximum atomic E-state index is 5.98. The van der Waals surface area contributed by atoms with Crippen molar-refractivity contribution in [2.75, 3.05) is 18.2 Å². The quantitative estimate of drug-likeness (QED) is 0.881. The zero-order chi connectivity index (χ0) is 15.4. The molecule has 5 heteroatoms. The lowest BCUT2D eigenvalue weighted by molar-refractivity contribution is 0.414. The van der Waals surface area contributed by atoms with Crippen LogP contribution in [0.2, 0.25) is 0 Å². The molecular weight excluding hydrogens is 264 g/mol. The van der Waals surface area contributed by atoms with Crippen LogP contribution in [0.4, 0.5) is 17.3 Å². The van der Waals surface area contributed by atoms with Crippen molar-refractivity contribution in [3.8, 4) is 5.75 Å². The summed E-state index contributed by atoms with van der Waals surface area (Å²) in [6.45, 7) is 6.05. The van der Waals surface area contributed by atoms with Gasteiger partial charge in [0.25, 0.3) is 0 Å². The second kappa shape index (κ2) is 6.43. The third-order valence-electron chi connectivity index (χ3n) is 3.39. The van der Waals surface area contributed by atoms with E-state index in [2.05, 4.69) is 22.2 Å². The number of nitrogens with two attached hydrogens (primary N) is 1. The first-order valence-electron chi connectivity index (χ1n) is 7.09. The fourth-order valence-electron chi connectivity index (χ4n) is 2.07. The minimum Gasteiger partial charge on any atom is -0.497 e. The smallest absolute Gasteiger partial charge is 0.139 e. The standard InChI is InChI=1S/C16H22N4O/c1-5-6-14-19-15(17)11(3)16(20-14)18-13-8-7-12(21-4)9-10(13)2/h7-9H,5-6H2,1-4H3,(H3,17,18,19,20). The molecule has 1 aromatic heterocycles. The number of nitrogens with zero attached hydrogens (tertiary/aromatic N) is 2. The van der Waals surface area contributed by atoms with Crippen molar-refractivity contribution in [3.05, 3.63) is 35.2 Å². The molecule has 2 aromatic rings. The number of hydrogen-bond donors (Lipinski definition) is 2. The highest BCUT2D eigenvalue weighted by Gasteiger charge is 2.10. The Balaban J connectivity index is 2.34. The summed E-state index contributed by atoms with van der Waals surface area (Å²) in [6.07, 6.45) is 1.81. The molecule has 0 spiro atoms. The van der Waals surface area contributed by atoms with Crippen molar-refractivity contribution in [1.82, 2.24) is 9.97 Å². The lowest BCUT2D eigenvalue weighted by atomic mass is 10.2. The Morgan fingerprint density at radius 3 is 2.62 bits per heavy atom. The van der Waals surface area contributed by atoms with Crippen molar-refractivity contribution in [1.29, 1.82) is 0 Å². The van der Waals surface area contributed by atoms with Crippen LogP contribution in [0.15, 0.2) is 18.2 Å². The molecule has 2 rings (SSSR count). The van der Waals surface area contributed by atoms with E-state index >= 15 is 0 Å². The molecule has 0 aliphatic carbocycles. The van der Waals surface area contributed by atoms with Gasteiger partial charge in [0.1, 0.15) is 23.2 Å². The van der Waals surface area contributed by atoms with Crippen LogP contribution in [0, 0.1) is 13.8 Å². The third kappa shape index (κ3) is 3.42. The average molecular weight is 286 g/mol. The van der Waals surface area contributed by atoms with Gasteiger partial charge in [-0.05, 0) is 44.0 Å². The van der Waals surface area contributed by atoms with E-state index in [9.17, 15) is 0 Å². The average Bonchev–Trinajstić information content (AvgIpc) is 2.46. The van der Waals surface area contributed by atoms with Crippen LogP contribution in [-0.2, 0) is 6.42 Å². The second-order valence-electron chi connectivity index (χ2n) is 5.05. The van der Waals surface area contributed by atoms with Crippen LogP contribution >= 0.6 is 0 Å². The van der Waals surface area contributed by atoms with E-state index in [-0.39, 0.29) is 0 Å². The van der Waals surface area contributed by atoms with E-state index in [0.717, 1.165) is 47.0 Å². The maximum Gasteiger partial charge on any atom is 0.139 e. The molecule has 0 fully saturated rings. The monoisotopic (exact) mass is 286 g/mol. The third-order valence-corrected chi connectivity index (χ3v) is 3.39. The molecule has 0 saturated heterocycles. The first kappa shape index (κ1) is 15.1. The molecule has 0 aliphatic heterocycles. The number of ether oxygens (including phenoxy) is 1. The van der Waals surface area contributed by atoms with Gasteiger partial charge in [-0.15, -0.1) is 0 Å². The van der Waals surface area contributed by atoms with Crippen molar-refractivity contribution in [3.63, 3.8) is 0 Å². The molecule has 0 bridgehead atoms. The van der Waals surface area contributed by atoms with Gasteiger partial charge in [0.15, 0.2) is 0 Å². The fourth-order valence-corrected chi connectivity index (χ4v) is 2.07. The van der Waals surface area contributed by atoms with Crippen LogP contribution in [0.25, 0.3) is 0 Å². The fraction of sp³-hybridized carbons (Fsp3) is 0.375. The highest BCUT2D eigenvalue weighted by Crippen LogP contribution is 2.26. The summed E-state index contributed by atoms with van der Waals surface area (Å²) in [4.78, 5) is 8.89. The van der Waals surface area contributed by atoms with Gasteiger partial charge in [0.2, 0.25) is 0 Å². The molecule has 0 unspecified atom stereocenters. The lowest BCUT2D eigenvalue weighted by Gasteiger charge is -2.14. The summed E-state index contributed by atoms with van der Waals surface area (Å²) < 4.78 is 5.22. The Bertz CT molecular complexity index is 640. The zero-order valence-corrected chi connectivity index (χ0v) is 13.0. The Kier molecular flexibility index (Phi) is 4.62. The minimum absolute atomic E-state index is 0.530.